The van der Waals surface area contributed by atoms with Crippen LogP contribution in [0.1, 0.15) is 36.2 Å². The summed E-state index contributed by atoms with van der Waals surface area (Å²) >= 11 is 5.11. The fourth-order valence-electron chi connectivity index (χ4n) is 1.86. The van der Waals surface area contributed by atoms with Crippen molar-refractivity contribution < 1.29 is 4.79 Å². The van der Waals surface area contributed by atoms with E-state index in [1.807, 2.05) is 11.1 Å². The Labute approximate surface area is 108 Å². The zero-order valence-corrected chi connectivity index (χ0v) is 11.8. The molecule has 1 aromatic heterocycles. The van der Waals surface area contributed by atoms with Crippen LogP contribution in [0, 0.1) is 0 Å². The van der Waals surface area contributed by atoms with Crippen LogP contribution < -0.4 is 0 Å². The fraction of sp³-hybridized carbons (Fsp3) is 0.636. The number of thiazole rings is 1. The van der Waals surface area contributed by atoms with Gasteiger partial charge in [0, 0.05) is 17.6 Å². The molecule has 1 aliphatic heterocycles. The number of aryl methyl sites for hydroxylation is 1. The molecule has 1 aromatic rings. The molecule has 0 saturated carbocycles. The highest BCUT2D eigenvalue weighted by molar-refractivity contribution is 9.10. The summed E-state index contributed by atoms with van der Waals surface area (Å²) in [5.74, 6) is 0.195. The van der Waals surface area contributed by atoms with Crippen LogP contribution in [0.25, 0.3) is 0 Å². The van der Waals surface area contributed by atoms with Gasteiger partial charge in [0.2, 0.25) is 5.91 Å². The van der Waals surface area contributed by atoms with Gasteiger partial charge in [-0.1, -0.05) is 22.9 Å². The summed E-state index contributed by atoms with van der Waals surface area (Å²) in [6.45, 7) is 5.01. The summed E-state index contributed by atoms with van der Waals surface area (Å²) in [5.41, 5.74) is 0. The first-order chi connectivity index (χ1) is 7.63. The minimum absolute atomic E-state index is 0.000516. The van der Waals surface area contributed by atoms with Gasteiger partial charge in [0.15, 0.2) is 0 Å². The minimum Gasteiger partial charge on any atom is -0.332 e. The molecule has 0 aromatic carbocycles. The molecule has 3 nitrogen and oxygen atoms in total. The zero-order valence-electron chi connectivity index (χ0n) is 9.44. The molecule has 0 bridgehead atoms. The summed E-state index contributed by atoms with van der Waals surface area (Å²) in [4.78, 5) is 19.4. The fourth-order valence-corrected chi connectivity index (χ4v) is 3.25. The third kappa shape index (κ3) is 2.15. The van der Waals surface area contributed by atoms with Crippen molar-refractivity contribution in [2.45, 2.75) is 37.6 Å². The maximum atomic E-state index is 11.9. The third-order valence-corrected chi connectivity index (χ3v) is 5.08. The molecule has 0 radical (unpaired) electrons. The number of rotatable bonds is 3. The Bertz CT molecular complexity index is 393. The van der Waals surface area contributed by atoms with Crippen molar-refractivity contribution in [3.05, 3.63) is 16.1 Å². The van der Waals surface area contributed by atoms with Crippen LogP contribution in [0.3, 0.4) is 0 Å². The average Bonchev–Trinajstić information content (AvgIpc) is 2.87. The second kappa shape index (κ2) is 4.84. The Morgan fingerprint density at radius 2 is 2.50 bits per heavy atom. The Morgan fingerprint density at radius 3 is 3.00 bits per heavy atom. The number of hydrogen-bond donors (Lipinski definition) is 0. The van der Waals surface area contributed by atoms with Crippen molar-refractivity contribution in [2.24, 2.45) is 0 Å². The van der Waals surface area contributed by atoms with Gasteiger partial charge >= 0.3 is 0 Å². The summed E-state index contributed by atoms with van der Waals surface area (Å²) in [6.07, 6.45) is 3.83. The molecule has 2 atom stereocenters. The lowest BCUT2D eigenvalue weighted by atomic mass is 10.3. The van der Waals surface area contributed by atoms with Crippen molar-refractivity contribution >= 4 is 33.2 Å². The second-order valence-electron chi connectivity index (χ2n) is 3.98. The molecule has 5 heteroatoms. The molecule has 16 heavy (non-hydrogen) atoms. The molecule has 1 amide bonds. The largest absolute Gasteiger partial charge is 0.332 e. The van der Waals surface area contributed by atoms with E-state index in [-0.39, 0.29) is 16.8 Å². The Hall–Kier alpha value is -0.420. The maximum Gasteiger partial charge on any atom is 0.237 e. The highest BCUT2D eigenvalue weighted by atomic mass is 79.9. The van der Waals surface area contributed by atoms with E-state index in [1.54, 1.807) is 11.3 Å². The number of likely N-dealkylation sites (tertiary alicyclic amines) is 1. The molecule has 0 N–H and O–H groups in total. The van der Waals surface area contributed by atoms with E-state index in [4.69, 9.17) is 0 Å². The lowest BCUT2D eigenvalue weighted by Crippen LogP contribution is -2.30. The maximum absolute atomic E-state index is 11.9. The molecule has 2 rings (SSSR count). The lowest BCUT2D eigenvalue weighted by Gasteiger charge is -2.22. The average molecular weight is 303 g/mol. The van der Waals surface area contributed by atoms with Crippen molar-refractivity contribution in [1.82, 2.24) is 9.88 Å². The van der Waals surface area contributed by atoms with Gasteiger partial charge in [0.25, 0.3) is 0 Å². The Balaban J connectivity index is 2.13. The normalized spacial score (nSPS) is 22.8. The van der Waals surface area contributed by atoms with Crippen LogP contribution in [0.4, 0.5) is 0 Å². The predicted octanol–water partition coefficient (Wildman–Crippen LogP) is 2.76. The smallest absolute Gasteiger partial charge is 0.237 e. The molecule has 0 aliphatic carbocycles. The molecular weight excluding hydrogens is 288 g/mol. The molecule has 1 aliphatic rings. The van der Waals surface area contributed by atoms with Gasteiger partial charge < -0.3 is 4.90 Å². The summed E-state index contributed by atoms with van der Waals surface area (Å²) < 4.78 is 0. The van der Waals surface area contributed by atoms with Crippen LogP contribution in [-0.2, 0) is 11.2 Å². The highest BCUT2D eigenvalue weighted by Crippen LogP contribution is 2.30. The van der Waals surface area contributed by atoms with Crippen molar-refractivity contribution in [1.29, 1.82) is 0 Å². The first-order valence-corrected chi connectivity index (χ1v) is 7.25. The van der Waals surface area contributed by atoms with E-state index in [0.29, 0.717) is 0 Å². The van der Waals surface area contributed by atoms with E-state index in [9.17, 15) is 4.79 Å². The number of carbonyl (C=O) groups excluding carboxylic acids is 1. The summed E-state index contributed by atoms with van der Waals surface area (Å²) in [5, 5.41) is 1.05. The quantitative estimate of drug-likeness (QED) is 0.805. The first-order valence-electron chi connectivity index (χ1n) is 5.52. The van der Waals surface area contributed by atoms with Crippen LogP contribution in [0.2, 0.25) is 0 Å². The minimum atomic E-state index is 0.000516. The van der Waals surface area contributed by atoms with E-state index in [1.165, 1.54) is 4.88 Å². The van der Waals surface area contributed by atoms with Crippen molar-refractivity contribution in [3.63, 3.8) is 0 Å². The van der Waals surface area contributed by atoms with Crippen LogP contribution in [-0.4, -0.2) is 27.2 Å². The molecular formula is C11H15BrN2OS. The van der Waals surface area contributed by atoms with Gasteiger partial charge in [-0.15, -0.1) is 11.3 Å². The number of nitrogens with zero attached hydrogens (tertiary/aromatic N) is 2. The standard InChI is InChI=1S/C11H15BrN2OS/c1-3-8-6-13-10(16-8)7(2)14-5-4-9(12)11(14)15/h6-7,9H,3-5H2,1-2H3. The molecule has 1 saturated heterocycles. The van der Waals surface area contributed by atoms with E-state index in [0.717, 1.165) is 24.4 Å². The topological polar surface area (TPSA) is 33.2 Å². The third-order valence-electron chi connectivity index (χ3n) is 2.92. The molecule has 1 fully saturated rings. The Kier molecular flexibility index (Phi) is 3.64. The van der Waals surface area contributed by atoms with Crippen LogP contribution in [0.15, 0.2) is 6.20 Å². The first kappa shape index (κ1) is 12.0. The van der Waals surface area contributed by atoms with E-state index < -0.39 is 0 Å². The highest BCUT2D eigenvalue weighted by Gasteiger charge is 2.33. The lowest BCUT2D eigenvalue weighted by molar-refractivity contribution is -0.128. The van der Waals surface area contributed by atoms with Crippen LogP contribution in [0.5, 0.6) is 0 Å². The number of hydrogen-bond acceptors (Lipinski definition) is 3. The van der Waals surface area contributed by atoms with Gasteiger partial charge in [-0.05, 0) is 19.8 Å². The second-order valence-corrected chi connectivity index (χ2v) is 6.23. The molecule has 2 heterocycles. The molecule has 2 unspecified atom stereocenters. The molecule has 88 valence electrons. The van der Waals surface area contributed by atoms with Crippen molar-refractivity contribution in [2.75, 3.05) is 6.54 Å². The van der Waals surface area contributed by atoms with Crippen molar-refractivity contribution in [3.8, 4) is 0 Å². The van der Waals surface area contributed by atoms with E-state index in [2.05, 4.69) is 34.8 Å². The zero-order chi connectivity index (χ0) is 11.7. The van der Waals surface area contributed by atoms with Gasteiger partial charge in [0.1, 0.15) is 5.01 Å². The monoisotopic (exact) mass is 302 g/mol. The van der Waals surface area contributed by atoms with Crippen LogP contribution >= 0.6 is 27.3 Å². The number of amides is 1. The van der Waals surface area contributed by atoms with Gasteiger partial charge in [-0.3, -0.25) is 4.79 Å². The number of halogens is 1. The van der Waals surface area contributed by atoms with Gasteiger partial charge in [0.05, 0.1) is 10.9 Å². The molecule has 0 spiro atoms. The number of alkyl halides is 1. The number of aromatic nitrogens is 1. The predicted molar refractivity (Wildman–Crippen MR) is 69.0 cm³/mol. The number of carbonyl (C=O) groups is 1. The van der Waals surface area contributed by atoms with Gasteiger partial charge in [-0.2, -0.15) is 0 Å². The summed E-state index contributed by atoms with van der Waals surface area (Å²) in [7, 11) is 0. The summed E-state index contributed by atoms with van der Waals surface area (Å²) in [6, 6.07) is 0.111. The van der Waals surface area contributed by atoms with E-state index >= 15 is 0 Å². The van der Waals surface area contributed by atoms with Gasteiger partial charge in [-0.25, -0.2) is 4.98 Å². The Morgan fingerprint density at radius 1 is 1.75 bits per heavy atom. The SMILES string of the molecule is CCc1cnc(C(C)N2CCC(Br)C2=O)s1.